The Balaban J connectivity index is 2.40. The van der Waals surface area contributed by atoms with Crippen LogP contribution in [-0.2, 0) is 7.05 Å². The first kappa shape index (κ1) is 13.6. The zero-order chi connectivity index (χ0) is 13.3. The summed E-state index contributed by atoms with van der Waals surface area (Å²) in [6.45, 7) is 4.15. The number of aromatic nitrogens is 2. The van der Waals surface area contributed by atoms with Gasteiger partial charge >= 0.3 is 0 Å². The zero-order valence-corrected chi connectivity index (χ0v) is 12.0. The van der Waals surface area contributed by atoms with Crippen LogP contribution >= 0.6 is 11.6 Å². The number of rotatable bonds is 3. The van der Waals surface area contributed by atoms with Crippen molar-refractivity contribution in [3.8, 4) is 0 Å². The maximum Gasteiger partial charge on any atom is 0.133 e. The Morgan fingerprint density at radius 3 is 2.67 bits per heavy atom. The van der Waals surface area contributed by atoms with Gasteiger partial charge < -0.3 is 5.11 Å². The number of aliphatic hydroxyl groups is 1. The van der Waals surface area contributed by atoms with Crippen molar-refractivity contribution >= 4 is 11.6 Å². The smallest absolute Gasteiger partial charge is 0.133 e. The highest BCUT2D eigenvalue weighted by atomic mass is 35.5. The third-order valence-corrected chi connectivity index (χ3v) is 3.99. The van der Waals surface area contributed by atoms with E-state index in [2.05, 4.69) is 25.0 Å². The molecule has 0 aromatic carbocycles. The Morgan fingerprint density at radius 2 is 2.11 bits per heavy atom. The van der Waals surface area contributed by atoms with E-state index in [1.54, 1.807) is 4.68 Å². The van der Waals surface area contributed by atoms with Gasteiger partial charge in [-0.1, -0.05) is 31.5 Å². The first-order valence-corrected chi connectivity index (χ1v) is 6.99. The average molecular weight is 269 g/mol. The molecule has 0 fully saturated rings. The van der Waals surface area contributed by atoms with Crippen LogP contribution in [0.5, 0.6) is 0 Å². The number of halogens is 1. The van der Waals surface area contributed by atoms with E-state index < -0.39 is 6.10 Å². The average Bonchev–Trinajstić information content (AvgIpc) is 2.66. The molecule has 0 saturated carbocycles. The molecule has 100 valence electrons. The lowest BCUT2D eigenvalue weighted by atomic mass is 9.90. The molecule has 3 nitrogen and oxygen atoms in total. The highest BCUT2D eigenvalue weighted by Crippen LogP contribution is 2.37. The zero-order valence-electron chi connectivity index (χ0n) is 11.3. The topological polar surface area (TPSA) is 38.0 Å². The second-order valence-electron chi connectivity index (χ2n) is 5.30. The molecule has 1 N–H and O–H groups in total. The maximum atomic E-state index is 10.6. The van der Waals surface area contributed by atoms with Crippen LogP contribution in [0.3, 0.4) is 0 Å². The van der Waals surface area contributed by atoms with E-state index in [1.165, 1.54) is 6.42 Å². The molecule has 2 rings (SSSR count). The highest BCUT2D eigenvalue weighted by Gasteiger charge is 2.26. The van der Waals surface area contributed by atoms with E-state index in [4.69, 9.17) is 11.6 Å². The summed E-state index contributed by atoms with van der Waals surface area (Å²) >= 11 is 6.29. The van der Waals surface area contributed by atoms with Gasteiger partial charge in [-0.25, -0.2) is 0 Å². The summed E-state index contributed by atoms with van der Waals surface area (Å²) in [6, 6.07) is 0. The third kappa shape index (κ3) is 2.47. The predicted octanol–water partition coefficient (Wildman–Crippen LogP) is 3.73. The lowest BCUT2D eigenvalue weighted by molar-refractivity contribution is 0.207. The van der Waals surface area contributed by atoms with Crippen molar-refractivity contribution in [3.05, 3.63) is 28.1 Å². The lowest BCUT2D eigenvalue weighted by Gasteiger charge is -2.20. The van der Waals surface area contributed by atoms with Crippen LogP contribution in [0.2, 0.25) is 5.15 Å². The summed E-state index contributed by atoms with van der Waals surface area (Å²) in [4.78, 5) is 0. The molecule has 1 atom stereocenters. The van der Waals surface area contributed by atoms with E-state index in [9.17, 15) is 5.11 Å². The fourth-order valence-corrected chi connectivity index (χ4v) is 2.75. The largest absolute Gasteiger partial charge is 0.384 e. The SMILES string of the molecule is CC(C)c1nn(C)c(Cl)c1C(O)C1=CCCCC1. The molecule has 0 amide bonds. The molecule has 1 unspecified atom stereocenters. The first-order valence-electron chi connectivity index (χ1n) is 6.61. The second kappa shape index (κ2) is 5.45. The Labute approximate surface area is 113 Å². The Hall–Kier alpha value is -0.800. The number of aliphatic hydroxyl groups excluding tert-OH is 1. The highest BCUT2D eigenvalue weighted by molar-refractivity contribution is 6.30. The summed E-state index contributed by atoms with van der Waals surface area (Å²) in [5, 5.41) is 15.5. The second-order valence-corrected chi connectivity index (χ2v) is 5.65. The van der Waals surface area contributed by atoms with E-state index in [1.807, 2.05) is 7.05 Å². The third-order valence-electron chi connectivity index (χ3n) is 3.54. The van der Waals surface area contributed by atoms with Crippen molar-refractivity contribution in [3.63, 3.8) is 0 Å². The van der Waals surface area contributed by atoms with Crippen LogP contribution in [0.1, 0.15) is 62.8 Å². The molecule has 1 aliphatic carbocycles. The molecule has 0 aliphatic heterocycles. The van der Waals surface area contributed by atoms with E-state index in [0.29, 0.717) is 5.15 Å². The Morgan fingerprint density at radius 1 is 1.39 bits per heavy atom. The maximum absolute atomic E-state index is 10.6. The lowest BCUT2D eigenvalue weighted by Crippen LogP contribution is -2.07. The Bertz CT molecular complexity index is 463. The van der Waals surface area contributed by atoms with Gasteiger partial charge in [-0.05, 0) is 37.2 Å². The minimum atomic E-state index is -0.594. The molecule has 18 heavy (non-hydrogen) atoms. The van der Waals surface area contributed by atoms with Crippen LogP contribution in [0, 0.1) is 0 Å². The van der Waals surface area contributed by atoms with E-state index in [-0.39, 0.29) is 5.92 Å². The van der Waals surface area contributed by atoms with Gasteiger partial charge in [0.05, 0.1) is 5.69 Å². The van der Waals surface area contributed by atoms with E-state index in [0.717, 1.165) is 36.1 Å². The molecule has 0 saturated heterocycles. The summed E-state index contributed by atoms with van der Waals surface area (Å²) in [6.07, 6.45) is 5.95. The molecule has 0 radical (unpaired) electrons. The van der Waals surface area contributed by atoms with Crippen LogP contribution in [0.15, 0.2) is 11.6 Å². The van der Waals surface area contributed by atoms with Gasteiger partial charge in [0.15, 0.2) is 0 Å². The van der Waals surface area contributed by atoms with Gasteiger partial charge in [0.1, 0.15) is 11.3 Å². The van der Waals surface area contributed by atoms with Crippen LogP contribution in [0.25, 0.3) is 0 Å². The summed E-state index contributed by atoms with van der Waals surface area (Å²) in [5.74, 6) is 0.262. The normalized spacial score (nSPS) is 18.0. The summed E-state index contributed by atoms with van der Waals surface area (Å²) in [7, 11) is 1.82. The minimum Gasteiger partial charge on any atom is -0.384 e. The van der Waals surface area contributed by atoms with Crippen molar-refractivity contribution in [2.75, 3.05) is 0 Å². The van der Waals surface area contributed by atoms with Gasteiger partial charge in [0, 0.05) is 12.6 Å². The number of hydrogen-bond donors (Lipinski definition) is 1. The van der Waals surface area contributed by atoms with Gasteiger partial charge in [-0.3, -0.25) is 4.68 Å². The van der Waals surface area contributed by atoms with Crippen LogP contribution in [-0.4, -0.2) is 14.9 Å². The molecule has 1 heterocycles. The quantitative estimate of drug-likeness (QED) is 0.849. The molecular formula is C14H21ClN2O. The van der Waals surface area contributed by atoms with Crippen molar-refractivity contribution < 1.29 is 5.11 Å². The van der Waals surface area contributed by atoms with Gasteiger partial charge in [-0.15, -0.1) is 0 Å². The molecule has 0 spiro atoms. The van der Waals surface area contributed by atoms with E-state index >= 15 is 0 Å². The van der Waals surface area contributed by atoms with Crippen LogP contribution in [0.4, 0.5) is 0 Å². The molecule has 1 aromatic rings. The van der Waals surface area contributed by atoms with Crippen molar-refractivity contribution in [1.82, 2.24) is 9.78 Å². The monoisotopic (exact) mass is 268 g/mol. The predicted molar refractivity (Wildman–Crippen MR) is 73.8 cm³/mol. The van der Waals surface area contributed by atoms with Crippen molar-refractivity contribution in [1.29, 1.82) is 0 Å². The molecular weight excluding hydrogens is 248 g/mol. The Kier molecular flexibility index (Phi) is 4.13. The molecule has 1 aliphatic rings. The van der Waals surface area contributed by atoms with Gasteiger partial charge in [0.2, 0.25) is 0 Å². The summed E-state index contributed by atoms with van der Waals surface area (Å²) in [5.41, 5.74) is 2.79. The van der Waals surface area contributed by atoms with Gasteiger partial charge in [0.25, 0.3) is 0 Å². The fraction of sp³-hybridized carbons (Fsp3) is 0.643. The standard InChI is InChI=1S/C14H21ClN2O/c1-9(2)12-11(14(15)17(3)16-12)13(18)10-7-5-4-6-8-10/h7,9,13,18H,4-6,8H2,1-3H3. The molecule has 0 bridgehead atoms. The first-order chi connectivity index (χ1) is 8.52. The minimum absolute atomic E-state index is 0.262. The fourth-order valence-electron chi connectivity index (χ4n) is 2.52. The number of aryl methyl sites for hydroxylation is 1. The van der Waals surface area contributed by atoms with Crippen molar-refractivity contribution in [2.45, 2.75) is 51.6 Å². The summed E-state index contributed by atoms with van der Waals surface area (Å²) < 4.78 is 1.65. The number of hydrogen-bond acceptors (Lipinski definition) is 2. The van der Waals surface area contributed by atoms with Gasteiger partial charge in [-0.2, -0.15) is 5.10 Å². The molecule has 1 aromatic heterocycles. The van der Waals surface area contributed by atoms with Crippen LogP contribution < -0.4 is 0 Å². The van der Waals surface area contributed by atoms with Crippen molar-refractivity contribution in [2.24, 2.45) is 7.05 Å². The number of allylic oxidation sites excluding steroid dienone is 1. The number of nitrogens with zero attached hydrogens (tertiary/aromatic N) is 2. The molecule has 4 heteroatoms.